The number of benzene rings is 1. The van der Waals surface area contributed by atoms with Crippen molar-refractivity contribution in [2.24, 2.45) is 0 Å². The summed E-state index contributed by atoms with van der Waals surface area (Å²) in [6, 6.07) is 9.42. The van der Waals surface area contributed by atoms with Gasteiger partial charge in [0.05, 0.1) is 12.4 Å². The minimum absolute atomic E-state index is 0.190. The molecule has 0 unspecified atom stereocenters. The fourth-order valence-electron chi connectivity index (χ4n) is 1.79. The first kappa shape index (κ1) is 10.9. The van der Waals surface area contributed by atoms with Crippen LogP contribution in [-0.4, -0.2) is 12.4 Å². The lowest BCUT2D eigenvalue weighted by atomic mass is 10.1. The van der Waals surface area contributed by atoms with Gasteiger partial charge in [-0.05, 0) is 18.9 Å². The van der Waals surface area contributed by atoms with E-state index in [1.807, 2.05) is 30.3 Å². The van der Waals surface area contributed by atoms with Gasteiger partial charge in [-0.25, -0.2) is 0 Å². The molecule has 2 nitrogen and oxygen atoms in total. The molecule has 1 aliphatic rings. The third-order valence-corrected chi connectivity index (χ3v) is 2.70. The van der Waals surface area contributed by atoms with Gasteiger partial charge in [0.2, 0.25) is 0 Å². The first-order valence-electron chi connectivity index (χ1n) is 5.76. The van der Waals surface area contributed by atoms with Crippen molar-refractivity contribution in [1.29, 1.82) is 0 Å². The summed E-state index contributed by atoms with van der Waals surface area (Å²) >= 11 is 0. The van der Waals surface area contributed by atoms with Crippen LogP contribution in [0.1, 0.15) is 36.0 Å². The monoisotopic (exact) mass is 216 g/mol. The topological polar surface area (TPSA) is 26.3 Å². The van der Waals surface area contributed by atoms with E-state index >= 15 is 0 Å². The molecule has 0 fully saturated rings. The Morgan fingerprint density at radius 1 is 1.25 bits per heavy atom. The van der Waals surface area contributed by atoms with Crippen molar-refractivity contribution in [1.82, 2.24) is 0 Å². The third-order valence-electron chi connectivity index (χ3n) is 2.70. The molecule has 1 aromatic rings. The maximum Gasteiger partial charge on any atom is 0.163 e. The fourth-order valence-corrected chi connectivity index (χ4v) is 1.79. The lowest BCUT2D eigenvalue weighted by Crippen LogP contribution is -2.04. The number of ketones is 1. The number of carbonyl (C=O) groups excluding carboxylic acids is 1. The molecule has 1 heterocycles. The van der Waals surface area contributed by atoms with Gasteiger partial charge < -0.3 is 4.74 Å². The van der Waals surface area contributed by atoms with Gasteiger partial charge in [0.25, 0.3) is 0 Å². The number of ether oxygens (including phenoxy) is 1. The standard InChI is InChI=1S/C14H16O2/c15-14(12-6-2-1-3-7-12)10-9-13-8-4-5-11-16-13/h1-3,6-8H,4-5,9-11H2. The second-order valence-electron chi connectivity index (χ2n) is 3.95. The normalized spacial score (nSPS) is 15.1. The fraction of sp³-hybridized carbons (Fsp3) is 0.357. The smallest absolute Gasteiger partial charge is 0.163 e. The van der Waals surface area contributed by atoms with Gasteiger partial charge in [0.1, 0.15) is 0 Å². The first-order chi connectivity index (χ1) is 7.86. The van der Waals surface area contributed by atoms with E-state index in [0.29, 0.717) is 6.42 Å². The average molecular weight is 216 g/mol. The predicted octanol–water partition coefficient (Wildman–Crippen LogP) is 3.34. The number of carbonyl (C=O) groups is 1. The molecule has 84 valence electrons. The van der Waals surface area contributed by atoms with E-state index in [-0.39, 0.29) is 5.78 Å². The molecule has 1 aromatic carbocycles. The third kappa shape index (κ3) is 2.96. The van der Waals surface area contributed by atoms with Gasteiger partial charge in [-0.2, -0.15) is 0 Å². The van der Waals surface area contributed by atoms with Crippen LogP contribution in [0, 0.1) is 0 Å². The highest BCUT2D eigenvalue weighted by atomic mass is 16.5. The first-order valence-corrected chi connectivity index (χ1v) is 5.76. The van der Waals surface area contributed by atoms with Crippen LogP contribution >= 0.6 is 0 Å². The van der Waals surface area contributed by atoms with Gasteiger partial charge >= 0.3 is 0 Å². The van der Waals surface area contributed by atoms with Crippen LogP contribution in [0.2, 0.25) is 0 Å². The number of rotatable bonds is 4. The van der Waals surface area contributed by atoms with E-state index in [4.69, 9.17) is 4.74 Å². The Kier molecular flexibility index (Phi) is 3.76. The SMILES string of the molecule is O=C(CCC1=CCCCO1)c1ccccc1. The lowest BCUT2D eigenvalue weighted by Gasteiger charge is -2.14. The molecule has 0 aliphatic carbocycles. The Bertz CT molecular complexity index is 379. The van der Waals surface area contributed by atoms with Crippen molar-refractivity contribution in [3.05, 3.63) is 47.7 Å². The van der Waals surface area contributed by atoms with Crippen LogP contribution in [0.4, 0.5) is 0 Å². The van der Waals surface area contributed by atoms with Crippen molar-refractivity contribution in [2.75, 3.05) is 6.61 Å². The highest BCUT2D eigenvalue weighted by molar-refractivity contribution is 5.96. The molecule has 1 aliphatic heterocycles. The van der Waals surface area contributed by atoms with Crippen molar-refractivity contribution in [2.45, 2.75) is 25.7 Å². The molecule has 2 rings (SSSR count). The van der Waals surface area contributed by atoms with Crippen molar-refractivity contribution in [3.63, 3.8) is 0 Å². The molecule has 0 radical (unpaired) electrons. The van der Waals surface area contributed by atoms with E-state index in [0.717, 1.165) is 37.2 Å². The maximum absolute atomic E-state index is 11.8. The zero-order valence-corrected chi connectivity index (χ0v) is 9.32. The Hall–Kier alpha value is -1.57. The second-order valence-corrected chi connectivity index (χ2v) is 3.95. The highest BCUT2D eigenvalue weighted by Crippen LogP contribution is 2.16. The zero-order chi connectivity index (χ0) is 11.2. The Morgan fingerprint density at radius 2 is 2.06 bits per heavy atom. The number of hydrogen-bond acceptors (Lipinski definition) is 2. The van der Waals surface area contributed by atoms with Gasteiger partial charge in [0, 0.05) is 18.4 Å². The van der Waals surface area contributed by atoms with Crippen LogP contribution in [0.3, 0.4) is 0 Å². The van der Waals surface area contributed by atoms with E-state index < -0.39 is 0 Å². The summed E-state index contributed by atoms with van der Waals surface area (Å²) in [6.45, 7) is 0.797. The zero-order valence-electron chi connectivity index (χ0n) is 9.32. The highest BCUT2D eigenvalue weighted by Gasteiger charge is 2.09. The molecular weight excluding hydrogens is 200 g/mol. The molecule has 0 saturated carbocycles. The largest absolute Gasteiger partial charge is 0.498 e. The van der Waals surface area contributed by atoms with Crippen LogP contribution in [-0.2, 0) is 4.74 Å². The van der Waals surface area contributed by atoms with Crippen LogP contribution in [0.25, 0.3) is 0 Å². The minimum Gasteiger partial charge on any atom is -0.498 e. The van der Waals surface area contributed by atoms with Gasteiger partial charge in [-0.1, -0.05) is 30.3 Å². The van der Waals surface area contributed by atoms with Gasteiger partial charge in [0.15, 0.2) is 5.78 Å². The van der Waals surface area contributed by atoms with Gasteiger partial charge in [-0.3, -0.25) is 4.79 Å². The lowest BCUT2D eigenvalue weighted by molar-refractivity contribution is 0.0970. The molecule has 0 saturated heterocycles. The quantitative estimate of drug-likeness (QED) is 0.721. The number of Topliss-reactive ketones (excluding diaryl/α,β-unsaturated/α-hetero) is 1. The molecule has 0 spiro atoms. The summed E-state index contributed by atoms with van der Waals surface area (Å²) < 4.78 is 5.47. The summed E-state index contributed by atoms with van der Waals surface area (Å²) in [4.78, 5) is 11.8. The molecule has 0 bridgehead atoms. The molecule has 16 heavy (non-hydrogen) atoms. The Labute approximate surface area is 95.9 Å². The van der Waals surface area contributed by atoms with E-state index in [2.05, 4.69) is 6.08 Å². The molecule has 0 aromatic heterocycles. The number of allylic oxidation sites excluding steroid dienone is 2. The van der Waals surface area contributed by atoms with Crippen LogP contribution in [0.5, 0.6) is 0 Å². The Morgan fingerprint density at radius 3 is 2.75 bits per heavy atom. The van der Waals surface area contributed by atoms with Crippen molar-refractivity contribution in [3.8, 4) is 0 Å². The second kappa shape index (κ2) is 5.50. The average Bonchev–Trinajstić information content (AvgIpc) is 2.38. The summed E-state index contributed by atoms with van der Waals surface area (Å²) in [6.07, 6.45) is 5.54. The van der Waals surface area contributed by atoms with Gasteiger partial charge in [-0.15, -0.1) is 0 Å². The van der Waals surface area contributed by atoms with E-state index in [1.54, 1.807) is 0 Å². The summed E-state index contributed by atoms with van der Waals surface area (Å²) in [5.74, 6) is 1.17. The molecule has 0 N–H and O–H groups in total. The molecule has 0 atom stereocenters. The predicted molar refractivity (Wildman–Crippen MR) is 63.3 cm³/mol. The van der Waals surface area contributed by atoms with Crippen LogP contribution < -0.4 is 0 Å². The summed E-state index contributed by atoms with van der Waals surface area (Å²) in [7, 11) is 0. The molecule has 0 amide bonds. The molecule has 2 heteroatoms. The van der Waals surface area contributed by atoms with Crippen LogP contribution in [0.15, 0.2) is 42.2 Å². The summed E-state index contributed by atoms with van der Waals surface area (Å²) in [5.41, 5.74) is 0.791. The van der Waals surface area contributed by atoms with E-state index in [9.17, 15) is 4.79 Å². The van der Waals surface area contributed by atoms with Crippen molar-refractivity contribution >= 4 is 5.78 Å². The van der Waals surface area contributed by atoms with Crippen molar-refractivity contribution < 1.29 is 9.53 Å². The van der Waals surface area contributed by atoms with E-state index in [1.165, 1.54) is 0 Å². The number of hydrogen-bond donors (Lipinski definition) is 0. The Balaban J connectivity index is 1.86. The molecular formula is C14H16O2. The minimum atomic E-state index is 0.190. The summed E-state index contributed by atoms with van der Waals surface area (Å²) in [5, 5.41) is 0. The maximum atomic E-state index is 11.8.